The maximum Gasteiger partial charge on any atom is 0.341 e. The molecule has 0 unspecified atom stereocenters. The molecule has 1 aromatic heterocycles. The first-order chi connectivity index (χ1) is 9.65. The maximum absolute atomic E-state index is 11.0. The Kier molecular flexibility index (Phi) is 4.34. The van der Waals surface area contributed by atoms with E-state index >= 15 is 0 Å². The van der Waals surface area contributed by atoms with Gasteiger partial charge in [0.15, 0.2) is 0 Å². The van der Waals surface area contributed by atoms with Gasteiger partial charge in [-0.25, -0.2) is 9.78 Å². The molecule has 0 aliphatic heterocycles. The average molecular weight is 273 g/mol. The van der Waals surface area contributed by atoms with Crippen molar-refractivity contribution in [2.45, 2.75) is 6.61 Å². The van der Waals surface area contributed by atoms with Crippen LogP contribution in [0.2, 0.25) is 0 Å². The zero-order valence-corrected chi connectivity index (χ0v) is 10.5. The molecular weight excluding hydrogens is 261 g/mol. The SMILES string of the molecule is O=C(O)c1cccnc1Oc1ccc(BO)c(CO)c1. The summed E-state index contributed by atoms with van der Waals surface area (Å²) >= 11 is 0. The van der Waals surface area contributed by atoms with Crippen LogP contribution in [0.15, 0.2) is 36.5 Å². The quantitative estimate of drug-likeness (QED) is 0.665. The van der Waals surface area contributed by atoms with Gasteiger partial charge in [0.25, 0.3) is 0 Å². The van der Waals surface area contributed by atoms with Crippen LogP contribution in [0.25, 0.3) is 0 Å². The molecule has 0 radical (unpaired) electrons. The lowest BCUT2D eigenvalue weighted by atomic mass is 9.84. The number of ether oxygens (including phenoxy) is 1. The second-order valence-corrected chi connectivity index (χ2v) is 4.01. The summed E-state index contributed by atoms with van der Waals surface area (Å²) in [4.78, 5) is 14.9. The van der Waals surface area contributed by atoms with Crippen LogP contribution >= 0.6 is 0 Å². The Bertz CT molecular complexity index is 632. The van der Waals surface area contributed by atoms with Gasteiger partial charge in [-0.3, -0.25) is 0 Å². The number of aliphatic hydroxyl groups excluding tert-OH is 1. The van der Waals surface area contributed by atoms with E-state index in [9.17, 15) is 9.90 Å². The van der Waals surface area contributed by atoms with E-state index in [1.807, 2.05) is 0 Å². The van der Waals surface area contributed by atoms with Crippen molar-refractivity contribution in [1.82, 2.24) is 4.98 Å². The van der Waals surface area contributed by atoms with Crippen molar-refractivity contribution in [3.63, 3.8) is 0 Å². The zero-order valence-electron chi connectivity index (χ0n) is 10.5. The van der Waals surface area contributed by atoms with Gasteiger partial charge < -0.3 is 20.0 Å². The van der Waals surface area contributed by atoms with Gasteiger partial charge in [0.1, 0.15) is 11.3 Å². The van der Waals surface area contributed by atoms with Crippen molar-refractivity contribution in [2.75, 3.05) is 0 Å². The minimum absolute atomic E-state index is 0.0272. The molecular formula is C13H12BNO5. The van der Waals surface area contributed by atoms with Crippen LogP contribution < -0.4 is 10.2 Å². The smallest absolute Gasteiger partial charge is 0.341 e. The van der Waals surface area contributed by atoms with E-state index in [2.05, 4.69) is 4.98 Å². The first-order valence-corrected chi connectivity index (χ1v) is 5.85. The Labute approximate surface area is 115 Å². The van der Waals surface area contributed by atoms with E-state index in [1.54, 1.807) is 12.1 Å². The second-order valence-electron chi connectivity index (χ2n) is 4.01. The van der Waals surface area contributed by atoms with Crippen LogP contribution in [0.4, 0.5) is 0 Å². The molecule has 20 heavy (non-hydrogen) atoms. The summed E-state index contributed by atoms with van der Waals surface area (Å²) in [5.74, 6) is -0.824. The van der Waals surface area contributed by atoms with E-state index in [4.69, 9.17) is 14.9 Å². The molecule has 0 bridgehead atoms. The minimum Gasteiger partial charge on any atom is -0.477 e. The van der Waals surface area contributed by atoms with Crippen LogP contribution in [0, 0.1) is 0 Å². The third-order valence-electron chi connectivity index (χ3n) is 2.73. The maximum atomic E-state index is 11.0. The number of carboxylic acids is 1. The monoisotopic (exact) mass is 273 g/mol. The molecule has 0 aliphatic rings. The van der Waals surface area contributed by atoms with Crippen LogP contribution in [0.5, 0.6) is 11.6 Å². The summed E-state index contributed by atoms with van der Waals surface area (Å²) < 4.78 is 5.43. The Hall–Kier alpha value is -2.38. The summed E-state index contributed by atoms with van der Waals surface area (Å²) in [7, 11) is -0.194. The van der Waals surface area contributed by atoms with E-state index in [0.717, 1.165) is 0 Å². The van der Waals surface area contributed by atoms with Crippen molar-refractivity contribution in [3.8, 4) is 11.6 Å². The molecule has 2 rings (SSSR count). The summed E-state index contributed by atoms with van der Waals surface area (Å²) in [6, 6.07) is 7.60. The number of carboxylic acid groups (broad SMARTS) is 1. The van der Waals surface area contributed by atoms with Gasteiger partial charge in [-0.2, -0.15) is 0 Å². The second kappa shape index (κ2) is 6.18. The lowest BCUT2D eigenvalue weighted by Crippen LogP contribution is -2.18. The van der Waals surface area contributed by atoms with Crippen molar-refractivity contribution >= 4 is 18.9 Å². The minimum atomic E-state index is -1.14. The predicted molar refractivity (Wildman–Crippen MR) is 72.6 cm³/mol. The number of hydrogen-bond acceptors (Lipinski definition) is 5. The Morgan fingerprint density at radius 2 is 2.15 bits per heavy atom. The van der Waals surface area contributed by atoms with Crippen LogP contribution in [-0.4, -0.2) is 33.7 Å². The molecule has 1 heterocycles. The molecule has 0 aliphatic carbocycles. The van der Waals surface area contributed by atoms with Gasteiger partial charge in [-0.05, 0) is 35.3 Å². The molecule has 0 saturated heterocycles. The average Bonchev–Trinajstić information content (AvgIpc) is 2.47. The number of aromatic carboxylic acids is 1. The lowest BCUT2D eigenvalue weighted by molar-refractivity contribution is 0.0693. The molecule has 0 saturated carbocycles. The highest BCUT2D eigenvalue weighted by atomic mass is 16.5. The van der Waals surface area contributed by atoms with Crippen molar-refractivity contribution in [2.24, 2.45) is 0 Å². The highest BCUT2D eigenvalue weighted by Gasteiger charge is 2.13. The molecule has 3 N–H and O–H groups in total. The summed E-state index contributed by atoms with van der Waals surface area (Å²) in [6.07, 6.45) is 1.43. The molecule has 0 atom stereocenters. The van der Waals surface area contributed by atoms with Crippen molar-refractivity contribution in [1.29, 1.82) is 0 Å². The van der Waals surface area contributed by atoms with E-state index in [1.165, 1.54) is 24.4 Å². The van der Waals surface area contributed by atoms with Gasteiger partial charge in [0.2, 0.25) is 5.88 Å². The fourth-order valence-corrected chi connectivity index (χ4v) is 1.71. The Morgan fingerprint density at radius 3 is 2.80 bits per heavy atom. The highest BCUT2D eigenvalue weighted by molar-refractivity contribution is 6.46. The van der Waals surface area contributed by atoms with Gasteiger partial charge >= 0.3 is 13.5 Å². The Balaban J connectivity index is 2.33. The number of aliphatic hydroxyl groups is 1. The van der Waals surface area contributed by atoms with Gasteiger partial charge in [0, 0.05) is 6.20 Å². The van der Waals surface area contributed by atoms with Crippen molar-refractivity contribution < 1.29 is 24.8 Å². The number of aromatic nitrogens is 1. The fraction of sp³-hybridized carbons (Fsp3) is 0.0769. The summed E-state index contributed by atoms with van der Waals surface area (Å²) in [6.45, 7) is -0.249. The summed E-state index contributed by atoms with van der Waals surface area (Å²) in [5.41, 5.74) is 1.04. The molecule has 7 heteroatoms. The fourth-order valence-electron chi connectivity index (χ4n) is 1.71. The van der Waals surface area contributed by atoms with Gasteiger partial charge in [-0.1, -0.05) is 6.07 Å². The molecule has 2 aromatic rings. The predicted octanol–water partition coefficient (Wildman–Crippen LogP) is 0.0335. The molecule has 0 spiro atoms. The molecule has 1 aromatic carbocycles. The topological polar surface area (TPSA) is 99.9 Å². The number of carbonyl (C=O) groups is 1. The molecule has 0 amide bonds. The third-order valence-corrected chi connectivity index (χ3v) is 2.73. The number of benzene rings is 1. The van der Waals surface area contributed by atoms with Crippen LogP contribution in [0.1, 0.15) is 15.9 Å². The van der Waals surface area contributed by atoms with E-state index in [0.29, 0.717) is 16.8 Å². The number of rotatable bonds is 5. The van der Waals surface area contributed by atoms with Crippen LogP contribution in [-0.2, 0) is 6.61 Å². The van der Waals surface area contributed by atoms with Gasteiger partial charge in [-0.15, -0.1) is 0 Å². The number of hydrogen-bond donors (Lipinski definition) is 3. The number of nitrogens with zero attached hydrogens (tertiary/aromatic N) is 1. The number of pyridine rings is 1. The van der Waals surface area contributed by atoms with Crippen LogP contribution in [0.3, 0.4) is 0 Å². The molecule has 6 nitrogen and oxygen atoms in total. The molecule has 0 fully saturated rings. The zero-order chi connectivity index (χ0) is 14.5. The largest absolute Gasteiger partial charge is 0.477 e. The highest BCUT2D eigenvalue weighted by Crippen LogP contribution is 2.23. The van der Waals surface area contributed by atoms with E-state index in [-0.39, 0.29) is 25.5 Å². The van der Waals surface area contributed by atoms with E-state index < -0.39 is 5.97 Å². The molecule has 102 valence electrons. The standard InChI is InChI=1S/C13H12BNO5/c16-7-8-6-9(3-4-11(8)14-19)20-12-10(13(17)18)2-1-5-15-12/h1-6,14,16,19H,7H2,(H,17,18). The lowest BCUT2D eigenvalue weighted by Gasteiger charge is -2.10. The first-order valence-electron chi connectivity index (χ1n) is 5.85. The normalized spacial score (nSPS) is 10.1. The van der Waals surface area contributed by atoms with Crippen molar-refractivity contribution in [3.05, 3.63) is 47.7 Å². The summed E-state index contributed by atoms with van der Waals surface area (Å²) in [5, 5.41) is 27.3. The third kappa shape index (κ3) is 2.96. The Morgan fingerprint density at radius 1 is 1.35 bits per heavy atom. The van der Waals surface area contributed by atoms with Gasteiger partial charge in [0.05, 0.1) is 6.61 Å². The first kappa shape index (κ1) is 14.0.